The number of para-hydroxylation sites is 1. The van der Waals surface area contributed by atoms with Crippen molar-refractivity contribution < 1.29 is 9.59 Å². The number of rotatable bonds is 8. The average molecular weight is 515 g/mol. The summed E-state index contributed by atoms with van der Waals surface area (Å²) in [4.78, 5) is 37.8. The van der Waals surface area contributed by atoms with Gasteiger partial charge in [-0.2, -0.15) is 4.98 Å². The van der Waals surface area contributed by atoms with Crippen LogP contribution in [-0.2, 0) is 16.1 Å². The van der Waals surface area contributed by atoms with Gasteiger partial charge >= 0.3 is 0 Å². The zero-order valence-electron chi connectivity index (χ0n) is 22.4. The summed E-state index contributed by atoms with van der Waals surface area (Å²) in [6.45, 7) is 0.386. The van der Waals surface area contributed by atoms with Crippen molar-refractivity contribution in [3.8, 4) is 0 Å². The number of fused-ring (bicyclic) bond motifs is 1. The Kier molecular flexibility index (Phi) is 7.77. The number of aromatic nitrogens is 2. The van der Waals surface area contributed by atoms with Gasteiger partial charge in [-0.1, -0.05) is 56.4 Å². The molecule has 0 saturated heterocycles. The van der Waals surface area contributed by atoms with E-state index in [-0.39, 0.29) is 17.7 Å². The predicted octanol–water partition coefficient (Wildman–Crippen LogP) is 5.26. The van der Waals surface area contributed by atoms with Crippen molar-refractivity contribution in [3.05, 3.63) is 54.1 Å². The summed E-state index contributed by atoms with van der Waals surface area (Å²) >= 11 is 0. The normalized spacial score (nSPS) is 17.2. The van der Waals surface area contributed by atoms with E-state index in [0.717, 1.165) is 85.8 Å². The fourth-order valence-corrected chi connectivity index (χ4v) is 5.78. The van der Waals surface area contributed by atoms with Crippen molar-refractivity contribution >= 4 is 40.2 Å². The van der Waals surface area contributed by atoms with Crippen LogP contribution in [0, 0.1) is 5.92 Å². The van der Waals surface area contributed by atoms with Crippen LogP contribution in [0.5, 0.6) is 0 Å². The molecule has 0 radical (unpaired) electrons. The zero-order chi connectivity index (χ0) is 26.5. The van der Waals surface area contributed by atoms with Crippen molar-refractivity contribution in [2.75, 3.05) is 29.6 Å². The Morgan fingerprint density at radius 3 is 2.47 bits per heavy atom. The maximum absolute atomic E-state index is 13.7. The van der Waals surface area contributed by atoms with Crippen LogP contribution in [-0.4, -0.2) is 41.4 Å². The van der Waals surface area contributed by atoms with E-state index in [9.17, 15) is 9.59 Å². The first-order valence-corrected chi connectivity index (χ1v) is 13.8. The maximum atomic E-state index is 13.7. The monoisotopic (exact) mass is 514 g/mol. The van der Waals surface area contributed by atoms with Crippen LogP contribution in [0.3, 0.4) is 0 Å². The van der Waals surface area contributed by atoms with Crippen LogP contribution in [0.4, 0.5) is 17.5 Å². The summed E-state index contributed by atoms with van der Waals surface area (Å²) < 4.78 is 0. The first-order chi connectivity index (χ1) is 18.4. The molecular formula is C30H38N6O2. The van der Waals surface area contributed by atoms with Crippen molar-refractivity contribution in [1.29, 1.82) is 0 Å². The molecule has 1 aromatic heterocycles. The SMILES string of the molecule is CN(C)c1nc(NC2(C(=O)NCc3cccc(NC(=O)C4CCCC4)c3)CCCCC2)nc2ccccc12. The summed E-state index contributed by atoms with van der Waals surface area (Å²) in [7, 11) is 3.93. The highest BCUT2D eigenvalue weighted by atomic mass is 16.2. The number of amides is 2. The highest BCUT2D eigenvalue weighted by molar-refractivity contribution is 5.93. The van der Waals surface area contributed by atoms with Crippen LogP contribution < -0.4 is 20.9 Å². The van der Waals surface area contributed by atoms with E-state index in [1.807, 2.05) is 67.5 Å². The highest BCUT2D eigenvalue weighted by Crippen LogP contribution is 2.33. The Bertz CT molecular complexity index is 1290. The minimum atomic E-state index is -0.765. The third-order valence-electron chi connectivity index (χ3n) is 7.87. The Morgan fingerprint density at radius 2 is 1.71 bits per heavy atom. The van der Waals surface area contributed by atoms with Gasteiger partial charge < -0.3 is 20.9 Å². The van der Waals surface area contributed by atoms with Gasteiger partial charge in [-0.3, -0.25) is 9.59 Å². The molecule has 3 N–H and O–H groups in total. The van der Waals surface area contributed by atoms with E-state index >= 15 is 0 Å². The first kappa shape index (κ1) is 25.9. The molecule has 8 heteroatoms. The Morgan fingerprint density at radius 1 is 0.947 bits per heavy atom. The Hall–Kier alpha value is -3.68. The number of carbonyl (C=O) groups is 2. The number of carbonyl (C=O) groups excluding carboxylic acids is 2. The molecule has 2 saturated carbocycles. The Balaban J connectivity index is 1.31. The smallest absolute Gasteiger partial charge is 0.246 e. The largest absolute Gasteiger partial charge is 0.362 e. The lowest BCUT2D eigenvalue weighted by molar-refractivity contribution is -0.126. The second kappa shape index (κ2) is 11.4. The van der Waals surface area contributed by atoms with Crippen molar-refractivity contribution in [3.63, 3.8) is 0 Å². The standard InChI is InChI=1S/C30H38N6O2/c1-36(2)26-24-15-6-7-16-25(24)33-29(34-26)35-30(17-8-3-9-18-30)28(38)31-20-21-11-10-14-23(19-21)32-27(37)22-12-4-5-13-22/h6-7,10-11,14-16,19,22H,3-5,8-9,12-13,17-18,20H2,1-2H3,(H,31,38)(H,32,37)(H,33,34,35). The summed E-state index contributed by atoms with van der Waals surface area (Å²) in [5.74, 6) is 1.46. The number of benzene rings is 2. The molecule has 38 heavy (non-hydrogen) atoms. The maximum Gasteiger partial charge on any atom is 0.246 e. The number of hydrogen-bond acceptors (Lipinski definition) is 6. The lowest BCUT2D eigenvalue weighted by Crippen LogP contribution is -2.53. The molecular weight excluding hydrogens is 476 g/mol. The molecule has 2 aliphatic carbocycles. The van der Waals surface area contributed by atoms with Crippen molar-refractivity contribution in [2.24, 2.45) is 5.92 Å². The quantitative estimate of drug-likeness (QED) is 0.379. The van der Waals surface area contributed by atoms with Crippen LogP contribution >= 0.6 is 0 Å². The highest BCUT2D eigenvalue weighted by Gasteiger charge is 2.40. The molecule has 0 bridgehead atoms. The average Bonchev–Trinajstić information content (AvgIpc) is 3.47. The summed E-state index contributed by atoms with van der Waals surface area (Å²) in [5.41, 5.74) is 1.81. The Labute approximate surface area is 224 Å². The second-order valence-electron chi connectivity index (χ2n) is 10.9. The number of nitrogens with one attached hydrogen (secondary N) is 3. The topological polar surface area (TPSA) is 99.3 Å². The molecule has 8 nitrogen and oxygen atoms in total. The fourth-order valence-electron chi connectivity index (χ4n) is 5.78. The lowest BCUT2D eigenvalue weighted by Gasteiger charge is -2.37. The van der Waals surface area contributed by atoms with Gasteiger partial charge in [0.1, 0.15) is 11.4 Å². The third-order valence-corrected chi connectivity index (χ3v) is 7.87. The molecule has 1 heterocycles. The molecule has 2 aliphatic rings. The molecule has 5 rings (SSSR count). The molecule has 0 spiro atoms. The van der Waals surface area contributed by atoms with Crippen LogP contribution in [0.1, 0.15) is 63.4 Å². The van der Waals surface area contributed by atoms with E-state index in [4.69, 9.17) is 9.97 Å². The second-order valence-corrected chi connectivity index (χ2v) is 10.9. The van der Waals surface area contributed by atoms with Crippen LogP contribution in [0.2, 0.25) is 0 Å². The molecule has 2 amide bonds. The van der Waals surface area contributed by atoms with E-state index in [0.29, 0.717) is 12.5 Å². The third kappa shape index (κ3) is 5.74. The molecule has 200 valence electrons. The number of anilines is 3. The van der Waals surface area contributed by atoms with E-state index in [1.165, 1.54) is 0 Å². The molecule has 0 unspecified atom stereocenters. The van der Waals surface area contributed by atoms with E-state index < -0.39 is 5.54 Å². The minimum absolute atomic E-state index is 0.0410. The van der Waals surface area contributed by atoms with Crippen LogP contribution in [0.15, 0.2) is 48.5 Å². The van der Waals surface area contributed by atoms with E-state index in [1.54, 1.807) is 0 Å². The summed E-state index contributed by atoms with van der Waals surface area (Å²) in [6, 6.07) is 15.7. The van der Waals surface area contributed by atoms with Crippen molar-refractivity contribution in [1.82, 2.24) is 15.3 Å². The van der Waals surface area contributed by atoms with Gasteiger partial charge in [-0.25, -0.2) is 4.98 Å². The van der Waals surface area contributed by atoms with Gasteiger partial charge in [0.15, 0.2) is 0 Å². The molecule has 2 fully saturated rings. The number of hydrogen-bond donors (Lipinski definition) is 3. The van der Waals surface area contributed by atoms with Gasteiger partial charge in [-0.15, -0.1) is 0 Å². The molecule has 2 aromatic carbocycles. The van der Waals surface area contributed by atoms with Crippen LogP contribution in [0.25, 0.3) is 10.9 Å². The van der Waals surface area contributed by atoms with Gasteiger partial charge in [0, 0.05) is 37.6 Å². The number of nitrogens with zero attached hydrogens (tertiary/aromatic N) is 3. The van der Waals surface area contributed by atoms with Gasteiger partial charge in [0.2, 0.25) is 17.8 Å². The summed E-state index contributed by atoms with van der Waals surface area (Å²) in [5, 5.41) is 10.7. The van der Waals surface area contributed by atoms with Crippen molar-refractivity contribution in [2.45, 2.75) is 69.9 Å². The fraction of sp³-hybridized carbons (Fsp3) is 0.467. The first-order valence-electron chi connectivity index (χ1n) is 13.8. The predicted molar refractivity (Wildman–Crippen MR) is 152 cm³/mol. The van der Waals surface area contributed by atoms with Gasteiger partial charge in [0.25, 0.3) is 0 Å². The van der Waals surface area contributed by atoms with Gasteiger partial charge in [0.05, 0.1) is 5.52 Å². The molecule has 3 aromatic rings. The zero-order valence-corrected chi connectivity index (χ0v) is 22.4. The minimum Gasteiger partial charge on any atom is -0.362 e. The van der Waals surface area contributed by atoms with E-state index in [2.05, 4.69) is 16.0 Å². The summed E-state index contributed by atoms with van der Waals surface area (Å²) in [6.07, 6.45) is 8.69. The van der Waals surface area contributed by atoms with Gasteiger partial charge in [-0.05, 0) is 55.5 Å². The molecule has 0 aliphatic heterocycles. The lowest BCUT2D eigenvalue weighted by atomic mass is 9.81. The molecule has 0 atom stereocenters.